The van der Waals surface area contributed by atoms with Gasteiger partial charge in [0.15, 0.2) is 0 Å². The smallest absolute Gasteiger partial charge is 0.259 e. The third-order valence-electron chi connectivity index (χ3n) is 4.36. The highest BCUT2D eigenvalue weighted by Gasteiger charge is 2.31. The summed E-state index contributed by atoms with van der Waals surface area (Å²) in [5, 5.41) is 7.57. The minimum absolute atomic E-state index is 0.104. The minimum atomic E-state index is -0.508. The van der Waals surface area contributed by atoms with Crippen LogP contribution in [-0.4, -0.2) is 46.0 Å². The molecule has 1 saturated heterocycles. The van der Waals surface area contributed by atoms with E-state index in [4.69, 9.17) is 4.52 Å². The summed E-state index contributed by atoms with van der Waals surface area (Å²) in [7, 11) is 0. The molecule has 1 N–H and O–H groups in total. The Morgan fingerprint density at radius 3 is 2.92 bits per heavy atom. The van der Waals surface area contributed by atoms with Crippen molar-refractivity contribution in [2.45, 2.75) is 46.1 Å². The molecular weight excluding hydrogens is 308 g/mol. The van der Waals surface area contributed by atoms with E-state index in [1.165, 1.54) is 0 Å². The standard InChI is InChI=1S/C17H22N4O3/c1-9(2)14-13-12(8-10(3)19-16(13)24-20-14)17(23)21-7-5-6-18-15(22)11(21)4/h8-9,11H,5-7H2,1-4H3,(H,18,22). The molecule has 24 heavy (non-hydrogen) atoms. The molecule has 1 aliphatic heterocycles. The number of hydrogen-bond acceptors (Lipinski definition) is 5. The summed E-state index contributed by atoms with van der Waals surface area (Å²) in [6, 6.07) is 1.24. The van der Waals surface area contributed by atoms with Crippen molar-refractivity contribution in [2.75, 3.05) is 13.1 Å². The molecule has 2 aromatic rings. The van der Waals surface area contributed by atoms with E-state index in [0.717, 1.165) is 6.42 Å². The second kappa shape index (κ2) is 6.22. The van der Waals surface area contributed by atoms with Crippen LogP contribution in [-0.2, 0) is 4.79 Å². The largest absolute Gasteiger partial charge is 0.354 e. The summed E-state index contributed by atoms with van der Waals surface area (Å²) >= 11 is 0. The Balaban J connectivity index is 2.12. The van der Waals surface area contributed by atoms with Crippen molar-refractivity contribution in [2.24, 2.45) is 0 Å². The fourth-order valence-electron chi connectivity index (χ4n) is 3.04. The Morgan fingerprint density at radius 1 is 1.46 bits per heavy atom. The zero-order valence-electron chi connectivity index (χ0n) is 14.4. The normalized spacial score (nSPS) is 18.8. The molecular formula is C17H22N4O3. The topological polar surface area (TPSA) is 88.3 Å². The van der Waals surface area contributed by atoms with Gasteiger partial charge in [-0.3, -0.25) is 9.59 Å². The number of hydrogen-bond donors (Lipinski definition) is 1. The van der Waals surface area contributed by atoms with E-state index in [-0.39, 0.29) is 17.7 Å². The van der Waals surface area contributed by atoms with Crippen LogP contribution in [0.1, 0.15) is 54.9 Å². The van der Waals surface area contributed by atoms with Crippen LogP contribution < -0.4 is 5.32 Å². The number of aromatic nitrogens is 2. The monoisotopic (exact) mass is 330 g/mol. The molecule has 128 valence electrons. The summed E-state index contributed by atoms with van der Waals surface area (Å²) in [6.07, 6.45) is 0.732. The number of aryl methyl sites for hydroxylation is 1. The molecule has 3 rings (SSSR count). The van der Waals surface area contributed by atoms with E-state index in [9.17, 15) is 9.59 Å². The first-order valence-electron chi connectivity index (χ1n) is 8.25. The van der Waals surface area contributed by atoms with Gasteiger partial charge in [0.1, 0.15) is 6.04 Å². The lowest BCUT2D eigenvalue weighted by Crippen LogP contribution is -2.45. The molecule has 0 aromatic carbocycles. The number of carbonyl (C=O) groups excluding carboxylic acids is 2. The third kappa shape index (κ3) is 2.74. The Morgan fingerprint density at radius 2 is 2.21 bits per heavy atom. The Hall–Kier alpha value is -2.44. The summed E-state index contributed by atoms with van der Waals surface area (Å²) in [5.41, 5.74) is 2.27. The highest BCUT2D eigenvalue weighted by atomic mass is 16.5. The molecule has 3 heterocycles. The average Bonchev–Trinajstić information content (AvgIpc) is 2.89. The van der Waals surface area contributed by atoms with Crippen LogP contribution >= 0.6 is 0 Å². The van der Waals surface area contributed by atoms with Gasteiger partial charge in [0.05, 0.1) is 16.6 Å². The van der Waals surface area contributed by atoms with Crippen LogP contribution in [0.25, 0.3) is 11.1 Å². The summed E-state index contributed by atoms with van der Waals surface area (Å²) in [6.45, 7) is 8.67. The maximum atomic E-state index is 13.2. The molecule has 1 atom stereocenters. The molecule has 7 heteroatoms. The Labute approximate surface area is 140 Å². The first-order chi connectivity index (χ1) is 11.4. The van der Waals surface area contributed by atoms with Crippen molar-refractivity contribution >= 4 is 22.9 Å². The van der Waals surface area contributed by atoms with E-state index in [1.54, 1.807) is 17.9 Å². The van der Waals surface area contributed by atoms with E-state index in [1.807, 2.05) is 20.8 Å². The molecule has 0 radical (unpaired) electrons. The van der Waals surface area contributed by atoms with E-state index >= 15 is 0 Å². The third-order valence-corrected chi connectivity index (χ3v) is 4.36. The highest BCUT2D eigenvalue weighted by molar-refractivity contribution is 6.07. The second-order valence-corrected chi connectivity index (χ2v) is 6.53. The number of carbonyl (C=O) groups is 2. The molecule has 1 fully saturated rings. The first-order valence-corrected chi connectivity index (χ1v) is 8.25. The number of pyridine rings is 1. The molecule has 1 aliphatic rings. The summed E-state index contributed by atoms with van der Waals surface area (Å²) in [4.78, 5) is 31.2. The molecule has 7 nitrogen and oxygen atoms in total. The Bertz CT molecular complexity index is 796. The van der Waals surface area contributed by atoms with Crippen molar-refractivity contribution in [3.63, 3.8) is 0 Å². The lowest BCUT2D eigenvalue weighted by molar-refractivity contribution is -0.124. The molecule has 0 saturated carbocycles. The maximum Gasteiger partial charge on any atom is 0.259 e. The average molecular weight is 330 g/mol. The van der Waals surface area contributed by atoms with Crippen LogP contribution in [0.15, 0.2) is 10.6 Å². The van der Waals surface area contributed by atoms with E-state index in [0.29, 0.717) is 41.1 Å². The zero-order valence-corrected chi connectivity index (χ0v) is 14.4. The predicted octanol–water partition coefficient (Wildman–Crippen LogP) is 2.01. The van der Waals surface area contributed by atoms with Crippen molar-refractivity contribution < 1.29 is 14.1 Å². The van der Waals surface area contributed by atoms with E-state index in [2.05, 4.69) is 15.5 Å². The number of amides is 2. The predicted molar refractivity (Wildman–Crippen MR) is 88.8 cm³/mol. The van der Waals surface area contributed by atoms with Gasteiger partial charge in [0.2, 0.25) is 5.91 Å². The molecule has 0 bridgehead atoms. The van der Waals surface area contributed by atoms with Crippen LogP contribution in [0.3, 0.4) is 0 Å². The van der Waals surface area contributed by atoms with Crippen molar-refractivity contribution in [3.05, 3.63) is 23.0 Å². The molecule has 1 unspecified atom stereocenters. The van der Waals surface area contributed by atoms with Crippen LogP contribution in [0, 0.1) is 6.92 Å². The summed E-state index contributed by atoms with van der Waals surface area (Å²) < 4.78 is 5.33. The quantitative estimate of drug-likeness (QED) is 0.910. The maximum absolute atomic E-state index is 13.2. The van der Waals surface area contributed by atoms with Crippen molar-refractivity contribution in [1.82, 2.24) is 20.4 Å². The van der Waals surface area contributed by atoms with E-state index < -0.39 is 6.04 Å². The number of rotatable bonds is 2. The van der Waals surface area contributed by atoms with Gasteiger partial charge in [-0.15, -0.1) is 0 Å². The fraction of sp³-hybridized carbons (Fsp3) is 0.529. The summed E-state index contributed by atoms with van der Waals surface area (Å²) in [5.74, 6) is -0.204. The van der Waals surface area contributed by atoms with Gasteiger partial charge < -0.3 is 14.7 Å². The number of nitrogens with zero attached hydrogens (tertiary/aromatic N) is 3. The van der Waals surface area contributed by atoms with Gasteiger partial charge in [-0.25, -0.2) is 4.98 Å². The first kappa shape index (κ1) is 16.4. The minimum Gasteiger partial charge on any atom is -0.354 e. The lowest BCUT2D eigenvalue weighted by atomic mass is 10.0. The zero-order chi connectivity index (χ0) is 17.4. The number of nitrogens with one attached hydrogen (secondary N) is 1. The SMILES string of the molecule is Cc1cc(C(=O)N2CCCNC(=O)C2C)c2c(C(C)C)noc2n1. The van der Waals surface area contributed by atoms with Crippen molar-refractivity contribution in [3.8, 4) is 0 Å². The molecule has 0 spiro atoms. The van der Waals surface area contributed by atoms with Gasteiger partial charge in [-0.05, 0) is 32.3 Å². The van der Waals surface area contributed by atoms with Gasteiger partial charge in [0, 0.05) is 18.8 Å². The highest BCUT2D eigenvalue weighted by Crippen LogP contribution is 2.29. The van der Waals surface area contributed by atoms with Gasteiger partial charge >= 0.3 is 0 Å². The molecule has 2 aromatic heterocycles. The van der Waals surface area contributed by atoms with Crippen LogP contribution in [0.4, 0.5) is 0 Å². The van der Waals surface area contributed by atoms with Gasteiger partial charge in [-0.1, -0.05) is 19.0 Å². The Kier molecular flexibility index (Phi) is 4.26. The lowest BCUT2D eigenvalue weighted by Gasteiger charge is -2.26. The second-order valence-electron chi connectivity index (χ2n) is 6.53. The molecule has 0 aliphatic carbocycles. The van der Waals surface area contributed by atoms with Crippen molar-refractivity contribution in [1.29, 1.82) is 0 Å². The van der Waals surface area contributed by atoms with Gasteiger partial charge in [0.25, 0.3) is 11.6 Å². The van der Waals surface area contributed by atoms with Crippen LogP contribution in [0.2, 0.25) is 0 Å². The van der Waals surface area contributed by atoms with Gasteiger partial charge in [-0.2, -0.15) is 0 Å². The van der Waals surface area contributed by atoms with Crippen LogP contribution in [0.5, 0.6) is 0 Å². The molecule has 2 amide bonds. The number of fused-ring (bicyclic) bond motifs is 1. The fourth-order valence-corrected chi connectivity index (χ4v) is 3.04.